The van der Waals surface area contributed by atoms with Crippen molar-refractivity contribution in [1.29, 1.82) is 0 Å². The van der Waals surface area contributed by atoms with Crippen molar-refractivity contribution in [1.82, 2.24) is 5.32 Å². The molecule has 17 heavy (non-hydrogen) atoms. The summed E-state index contributed by atoms with van der Waals surface area (Å²) >= 11 is 0. The SMILES string of the molecule is CC=CCNCC1OCCc2ccccc21.Cl. The molecular formula is C14H20ClNO. The number of allylic oxidation sites excluding steroid dienone is 1. The van der Waals surface area contributed by atoms with E-state index in [2.05, 4.69) is 41.7 Å². The monoisotopic (exact) mass is 253 g/mol. The number of benzene rings is 1. The minimum Gasteiger partial charge on any atom is -0.372 e. The maximum Gasteiger partial charge on any atom is 0.0952 e. The molecule has 3 heteroatoms. The van der Waals surface area contributed by atoms with Gasteiger partial charge in [-0.05, 0) is 24.5 Å². The zero-order chi connectivity index (χ0) is 11.2. The summed E-state index contributed by atoms with van der Waals surface area (Å²) in [6, 6.07) is 8.58. The van der Waals surface area contributed by atoms with Gasteiger partial charge in [0.1, 0.15) is 0 Å². The van der Waals surface area contributed by atoms with E-state index in [4.69, 9.17) is 4.74 Å². The number of ether oxygens (including phenoxy) is 1. The first-order chi connectivity index (χ1) is 7.92. The third-order valence-electron chi connectivity index (χ3n) is 2.92. The van der Waals surface area contributed by atoms with Gasteiger partial charge in [-0.25, -0.2) is 0 Å². The van der Waals surface area contributed by atoms with E-state index in [-0.39, 0.29) is 18.5 Å². The first-order valence-electron chi connectivity index (χ1n) is 5.93. The van der Waals surface area contributed by atoms with E-state index in [9.17, 15) is 0 Å². The van der Waals surface area contributed by atoms with E-state index in [0.717, 1.165) is 26.1 Å². The van der Waals surface area contributed by atoms with Crippen molar-refractivity contribution in [3.8, 4) is 0 Å². The fourth-order valence-electron chi connectivity index (χ4n) is 2.06. The Hall–Kier alpha value is -0.830. The van der Waals surface area contributed by atoms with E-state index in [0.29, 0.717) is 0 Å². The van der Waals surface area contributed by atoms with Crippen LogP contribution >= 0.6 is 12.4 Å². The summed E-state index contributed by atoms with van der Waals surface area (Å²) in [5, 5.41) is 3.39. The Balaban J connectivity index is 0.00000144. The van der Waals surface area contributed by atoms with Gasteiger partial charge in [0.25, 0.3) is 0 Å². The van der Waals surface area contributed by atoms with E-state index in [1.54, 1.807) is 0 Å². The van der Waals surface area contributed by atoms with Crippen LogP contribution < -0.4 is 5.32 Å². The van der Waals surface area contributed by atoms with Crippen molar-refractivity contribution in [2.75, 3.05) is 19.7 Å². The summed E-state index contributed by atoms with van der Waals surface area (Å²) in [6.45, 7) is 4.68. The molecule has 0 saturated carbocycles. The first kappa shape index (κ1) is 14.2. The molecular weight excluding hydrogens is 234 g/mol. The quantitative estimate of drug-likeness (QED) is 0.658. The molecule has 1 N–H and O–H groups in total. The molecule has 94 valence electrons. The van der Waals surface area contributed by atoms with Gasteiger partial charge in [-0.1, -0.05) is 36.4 Å². The molecule has 1 atom stereocenters. The maximum atomic E-state index is 5.80. The molecule has 1 unspecified atom stereocenters. The number of rotatable bonds is 4. The minimum absolute atomic E-state index is 0. The van der Waals surface area contributed by atoms with Gasteiger partial charge < -0.3 is 10.1 Å². The lowest BCUT2D eigenvalue weighted by molar-refractivity contribution is 0.0432. The molecule has 0 bridgehead atoms. The Morgan fingerprint density at radius 1 is 1.41 bits per heavy atom. The Morgan fingerprint density at radius 3 is 3.06 bits per heavy atom. The van der Waals surface area contributed by atoms with Crippen molar-refractivity contribution in [3.05, 3.63) is 47.5 Å². The predicted molar refractivity (Wildman–Crippen MR) is 73.8 cm³/mol. The van der Waals surface area contributed by atoms with E-state index in [1.165, 1.54) is 11.1 Å². The smallest absolute Gasteiger partial charge is 0.0952 e. The lowest BCUT2D eigenvalue weighted by Gasteiger charge is -2.26. The summed E-state index contributed by atoms with van der Waals surface area (Å²) in [4.78, 5) is 0. The van der Waals surface area contributed by atoms with Gasteiger partial charge in [-0.15, -0.1) is 12.4 Å². The van der Waals surface area contributed by atoms with E-state index < -0.39 is 0 Å². The van der Waals surface area contributed by atoms with Crippen LogP contribution in [0.1, 0.15) is 24.2 Å². The number of hydrogen-bond donors (Lipinski definition) is 1. The first-order valence-corrected chi connectivity index (χ1v) is 5.93. The highest BCUT2D eigenvalue weighted by Crippen LogP contribution is 2.25. The topological polar surface area (TPSA) is 21.3 Å². The number of nitrogens with one attached hydrogen (secondary N) is 1. The van der Waals surface area contributed by atoms with E-state index in [1.807, 2.05) is 6.92 Å². The van der Waals surface area contributed by atoms with Crippen LogP contribution in [0.2, 0.25) is 0 Å². The second-order valence-corrected chi connectivity index (χ2v) is 4.04. The molecule has 2 rings (SSSR count). The standard InChI is InChI=1S/C14H19NO.ClH/c1-2-3-9-15-11-14-13-7-5-4-6-12(13)8-10-16-14;/h2-7,14-15H,8-11H2,1H3;1H. The molecule has 0 radical (unpaired) electrons. The van der Waals surface area contributed by atoms with Crippen LogP contribution in [0.15, 0.2) is 36.4 Å². The third-order valence-corrected chi connectivity index (χ3v) is 2.92. The number of halogens is 1. The fourth-order valence-corrected chi connectivity index (χ4v) is 2.06. The number of hydrogen-bond acceptors (Lipinski definition) is 2. The second-order valence-electron chi connectivity index (χ2n) is 4.04. The van der Waals surface area contributed by atoms with Crippen LogP contribution in [-0.4, -0.2) is 19.7 Å². The molecule has 0 fully saturated rings. The van der Waals surface area contributed by atoms with Crippen molar-refractivity contribution in [2.24, 2.45) is 0 Å². The lowest BCUT2D eigenvalue weighted by Crippen LogP contribution is -2.27. The molecule has 0 aromatic heterocycles. The van der Waals surface area contributed by atoms with Crippen LogP contribution in [0.4, 0.5) is 0 Å². The zero-order valence-corrected chi connectivity index (χ0v) is 11.0. The lowest BCUT2D eigenvalue weighted by atomic mass is 9.97. The van der Waals surface area contributed by atoms with Gasteiger partial charge in [0.05, 0.1) is 12.7 Å². The molecule has 2 nitrogen and oxygen atoms in total. The van der Waals surface area contributed by atoms with Crippen molar-refractivity contribution < 1.29 is 4.74 Å². The van der Waals surface area contributed by atoms with Crippen molar-refractivity contribution >= 4 is 12.4 Å². The normalized spacial score (nSPS) is 18.8. The van der Waals surface area contributed by atoms with Crippen LogP contribution in [0.5, 0.6) is 0 Å². The summed E-state index contributed by atoms with van der Waals surface area (Å²) in [5.41, 5.74) is 2.79. The molecule has 0 saturated heterocycles. The molecule has 1 aromatic rings. The predicted octanol–water partition coefficient (Wildman–Crippen LogP) is 2.89. The molecule has 0 amide bonds. The van der Waals surface area contributed by atoms with Gasteiger partial charge in [-0.2, -0.15) is 0 Å². The Bertz CT molecular complexity index is 365. The fraction of sp³-hybridized carbons (Fsp3) is 0.429. The average Bonchev–Trinajstić information content (AvgIpc) is 2.35. The van der Waals surface area contributed by atoms with Gasteiger partial charge in [0.15, 0.2) is 0 Å². The molecule has 1 aromatic carbocycles. The zero-order valence-electron chi connectivity index (χ0n) is 10.2. The molecule has 0 aliphatic carbocycles. The third kappa shape index (κ3) is 3.84. The van der Waals surface area contributed by atoms with E-state index >= 15 is 0 Å². The van der Waals surface area contributed by atoms with Crippen molar-refractivity contribution in [2.45, 2.75) is 19.4 Å². The molecule has 1 aliphatic rings. The molecule has 1 heterocycles. The summed E-state index contributed by atoms with van der Waals surface area (Å²) in [7, 11) is 0. The highest BCUT2D eigenvalue weighted by molar-refractivity contribution is 5.85. The largest absolute Gasteiger partial charge is 0.372 e. The van der Waals surface area contributed by atoms with Gasteiger partial charge in [-0.3, -0.25) is 0 Å². The Morgan fingerprint density at radius 2 is 2.24 bits per heavy atom. The van der Waals surface area contributed by atoms with Crippen molar-refractivity contribution in [3.63, 3.8) is 0 Å². The van der Waals surface area contributed by atoms with Crippen LogP contribution in [0, 0.1) is 0 Å². The average molecular weight is 254 g/mol. The van der Waals surface area contributed by atoms with Crippen LogP contribution in [-0.2, 0) is 11.2 Å². The van der Waals surface area contributed by atoms with Crippen LogP contribution in [0.3, 0.4) is 0 Å². The molecule has 0 spiro atoms. The van der Waals surface area contributed by atoms with Gasteiger partial charge in [0, 0.05) is 13.1 Å². The summed E-state index contributed by atoms with van der Waals surface area (Å²) in [5.74, 6) is 0. The van der Waals surface area contributed by atoms with Crippen LogP contribution in [0.25, 0.3) is 0 Å². The van der Waals surface area contributed by atoms with Gasteiger partial charge in [0.2, 0.25) is 0 Å². The highest BCUT2D eigenvalue weighted by atomic mass is 35.5. The minimum atomic E-state index is 0. The Labute approximate surface area is 109 Å². The Kier molecular flexibility index (Phi) is 6.27. The van der Waals surface area contributed by atoms with Gasteiger partial charge >= 0.3 is 0 Å². The summed E-state index contributed by atoms with van der Waals surface area (Å²) in [6.07, 6.45) is 5.44. The molecule has 1 aliphatic heterocycles. The highest BCUT2D eigenvalue weighted by Gasteiger charge is 2.19. The summed E-state index contributed by atoms with van der Waals surface area (Å²) < 4.78 is 5.80. The maximum absolute atomic E-state index is 5.80. The second kappa shape index (κ2) is 7.49. The number of fused-ring (bicyclic) bond motifs is 1.